The second-order valence-electron chi connectivity index (χ2n) is 7.01. The maximum absolute atomic E-state index is 12.6. The normalized spacial score (nSPS) is 19.0. The molecule has 2 aromatic carbocycles. The predicted octanol–water partition coefficient (Wildman–Crippen LogP) is 3.41. The van der Waals surface area contributed by atoms with Gasteiger partial charge in [-0.3, -0.25) is 4.79 Å². The fourth-order valence-electron chi connectivity index (χ4n) is 3.66. The first kappa shape index (κ1) is 16.9. The molecule has 2 aliphatic rings. The highest BCUT2D eigenvalue weighted by molar-refractivity contribution is 6.04. The van der Waals surface area contributed by atoms with E-state index in [-0.39, 0.29) is 12.0 Å². The summed E-state index contributed by atoms with van der Waals surface area (Å²) in [5.41, 5.74) is 4.91. The molecule has 1 unspecified atom stereocenters. The van der Waals surface area contributed by atoms with E-state index in [1.54, 1.807) is 0 Å². The number of anilines is 2. The van der Waals surface area contributed by atoms with Crippen molar-refractivity contribution in [2.75, 3.05) is 36.5 Å². The lowest BCUT2D eigenvalue weighted by Gasteiger charge is -2.30. The Balaban J connectivity index is 1.48. The van der Waals surface area contributed by atoms with Gasteiger partial charge in [0.05, 0.1) is 13.2 Å². The molecule has 1 saturated heterocycles. The molecular formula is C21H24N2O3. The second-order valence-corrected chi connectivity index (χ2v) is 7.01. The number of hydrogen-bond donors (Lipinski definition) is 1. The largest absolute Gasteiger partial charge is 0.490 e. The van der Waals surface area contributed by atoms with Crippen LogP contribution in [0.1, 0.15) is 28.4 Å². The minimum absolute atomic E-state index is 0.0893. The van der Waals surface area contributed by atoms with Crippen LogP contribution in [-0.2, 0) is 11.2 Å². The monoisotopic (exact) mass is 352 g/mol. The van der Waals surface area contributed by atoms with Gasteiger partial charge in [-0.2, -0.15) is 0 Å². The number of carbonyl (C=O) groups excluding carboxylic acids is 1. The van der Waals surface area contributed by atoms with Crippen LogP contribution in [0.4, 0.5) is 11.4 Å². The number of nitrogens with zero attached hydrogens (tertiary/aromatic N) is 1. The van der Waals surface area contributed by atoms with Crippen molar-refractivity contribution >= 4 is 17.3 Å². The molecule has 0 aliphatic carbocycles. The van der Waals surface area contributed by atoms with Crippen LogP contribution in [0.5, 0.6) is 5.75 Å². The highest BCUT2D eigenvalue weighted by Gasteiger charge is 2.20. The van der Waals surface area contributed by atoms with E-state index in [4.69, 9.17) is 9.47 Å². The van der Waals surface area contributed by atoms with Crippen LogP contribution in [0.25, 0.3) is 0 Å². The highest BCUT2D eigenvalue weighted by Crippen LogP contribution is 2.31. The van der Waals surface area contributed by atoms with Crippen LogP contribution in [0.2, 0.25) is 0 Å². The molecule has 0 aromatic heterocycles. The topological polar surface area (TPSA) is 50.8 Å². The van der Waals surface area contributed by atoms with Gasteiger partial charge in [0.2, 0.25) is 0 Å². The molecule has 5 heteroatoms. The van der Waals surface area contributed by atoms with Gasteiger partial charge in [-0.15, -0.1) is 0 Å². The summed E-state index contributed by atoms with van der Waals surface area (Å²) in [7, 11) is 0. The van der Waals surface area contributed by atoms with Crippen molar-refractivity contribution in [1.29, 1.82) is 0 Å². The minimum Gasteiger partial charge on any atom is -0.490 e. The first-order valence-corrected chi connectivity index (χ1v) is 9.14. The van der Waals surface area contributed by atoms with E-state index in [9.17, 15) is 4.79 Å². The number of amides is 1. The summed E-state index contributed by atoms with van der Waals surface area (Å²) in [5, 5.41) is 3.00. The molecule has 2 heterocycles. The van der Waals surface area contributed by atoms with Crippen LogP contribution in [0.15, 0.2) is 36.4 Å². The SMILES string of the molecule is Cc1cc(C(=O)Nc2ccc3c(c2)CC(C)O3)ccc1N1CCOCC1. The number of morpholine rings is 1. The lowest BCUT2D eigenvalue weighted by Crippen LogP contribution is -2.36. The zero-order chi connectivity index (χ0) is 18.1. The number of benzene rings is 2. The minimum atomic E-state index is -0.0893. The van der Waals surface area contributed by atoms with Gasteiger partial charge in [0.1, 0.15) is 11.9 Å². The summed E-state index contributed by atoms with van der Waals surface area (Å²) in [5.74, 6) is 0.828. The van der Waals surface area contributed by atoms with Gasteiger partial charge < -0.3 is 19.7 Å². The quantitative estimate of drug-likeness (QED) is 0.920. The van der Waals surface area contributed by atoms with Crippen molar-refractivity contribution in [3.63, 3.8) is 0 Å². The molecule has 26 heavy (non-hydrogen) atoms. The van der Waals surface area contributed by atoms with Crippen molar-refractivity contribution in [3.8, 4) is 5.75 Å². The second kappa shape index (κ2) is 7.00. The Morgan fingerprint density at radius 3 is 2.73 bits per heavy atom. The number of rotatable bonds is 3. The zero-order valence-electron chi connectivity index (χ0n) is 15.2. The Morgan fingerprint density at radius 2 is 1.96 bits per heavy atom. The molecule has 2 aromatic rings. The van der Waals surface area contributed by atoms with Crippen LogP contribution >= 0.6 is 0 Å². The molecule has 1 N–H and O–H groups in total. The Labute approximate surface area is 153 Å². The molecule has 1 atom stereocenters. The number of fused-ring (bicyclic) bond motifs is 1. The summed E-state index contributed by atoms with van der Waals surface area (Å²) in [6.07, 6.45) is 1.08. The van der Waals surface area contributed by atoms with Crippen molar-refractivity contribution in [2.45, 2.75) is 26.4 Å². The average Bonchev–Trinajstić information content (AvgIpc) is 3.01. The van der Waals surface area contributed by atoms with Crippen molar-refractivity contribution in [2.24, 2.45) is 0 Å². The Morgan fingerprint density at radius 1 is 1.15 bits per heavy atom. The Kier molecular flexibility index (Phi) is 4.55. The van der Waals surface area contributed by atoms with E-state index in [2.05, 4.69) is 24.1 Å². The standard InChI is InChI=1S/C21H24N2O3/c1-14-11-16(3-5-19(14)23-7-9-25-10-8-23)21(24)22-18-4-6-20-17(13-18)12-15(2)26-20/h3-6,11,13,15H,7-10,12H2,1-2H3,(H,22,24). The number of ether oxygens (including phenoxy) is 2. The lowest BCUT2D eigenvalue weighted by molar-refractivity contribution is 0.102. The van der Waals surface area contributed by atoms with E-state index >= 15 is 0 Å². The van der Waals surface area contributed by atoms with Crippen LogP contribution in [0, 0.1) is 6.92 Å². The number of aryl methyl sites for hydroxylation is 1. The molecule has 1 fully saturated rings. The van der Waals surface area contributed by atoms with Crippen LogP contribution < -0.4 is 15.0 Å². The summed E-state index contributed by atoms with van der Waals surface area (Å²) >= 11 is 0. The molecule has 0 saturated carbocycles. The first-order valence-electron chi connectivity index (χ1n) is 9.14. The summed E-state index contributed by atoms with van der Waals surface area (Å²) in [6, 6.07) is 11.7. The average molecular weight is 352 g/mol. The van der Waals surface area contributed by atoms with Crippen LogP contribution in [-0.4, -0.2) is 38.3 Å². The number of carbonyl (C=O) groups is 1. The van der Waals surface area contributed by atoms with Gasteiger partial charge in [0.15, 0.2) is 0 Å². The van der Waals surface area contributed by atoms with Gasteiger partial charge in [0.25, 0.3) is 5.91 Å². The molecular weight excluding hydrogens is 328 g/mol. The molecule has 0 bridgehead atoms. The van der Waals surface area contributed by atoms with Gasteiger partial charge in [-0.1, -0.05) is 0 Å². The molecule has 0 spiro atoms. The molecule has 0 radical (unpaired) electrons. The number of nitrogens with one attached hydrogen (secondary N) is 1. The fraction of sp³-hybridized carbons (Fsp3) is 0.381. The maximum Gasteiger partial charge on any atom is 0.255 e. The molecule has 136 valence electrons. The van der Waals surface area contributed by atoms with Crippen molar-refractivity contribution in [3.05, 3.63) is 53.1 Å². The fourth-order valence-corrected chi connectivity index (χ4v) is 3.66. The van der Waals surface area contributed by atoms with Gasteiger partial charge in [-0.25, -0.2) is 0 Å². The van der Waals surface area contributed by atoms with Crippen molar-refractivity contribution in [1.82, 2.24) is 0 Å². The zero-order valence-corrected chi connectivity index (χ0v) is 15.2. The van der Waals surface area contributed by atoms with Gasteiger partial charge in [-0.05, 0) is 61.4 Å². The maximum atomic E-state index is 12.6. The van der Waals surface area contributed by atoms with E-state index in [1.165, 1.54) is 5.69 Å². The van der Waals surface area contributed by atoms with E-state index in [0.717, 1.165) is 55.3 Å². The number of hydrogen-bond acceptors (Lipinski definition) is 4. The molecule has 2 aliphatic heterocycles. The summed E-state index contributed by atoms with van der Waals surface area (Å²) < 4.78 is 11.1. The van der Waals surface area contributed by atoms with Crippen LogP contribution in [0.3, 0.4) is 0 Å². The Hall–Kier alpha value is -2.53. The molecule has 5 nitrogen and oxygen atoms in total. The summed E-state index contributed by atoms with van der Waals surface area (Å²) in [4.78, 5) is 15.0. The highest BCUT2D eigenvalue weighted by atomic mass is 16.5. The first-order chi connectivity index (χ1) is 12.6. The third-order valence-electron chi connectivity index (χ3n) is 4.96. The lowest BCUT2D eigenvalue weighted by atomic mass is 10.1. The third kappa shape index (κ3) is 3.40. The van der Waals surface area contributed by atoms with E-state index in [0.29, 0.717) is 5.56 Å². The van der Waals surface area contributed by atoms with E-state index < -0.39 is 0 Å². The summed E-state index contributed by atoms with van der Waals surface area (Å²) in [6.45, 7) is 7.39. The van der Waals surface area contributed by atoms with Crippen molar-refractivity contribution < 1.29 is 14.3 Å². The van der Waals surface area contributed by atoms with Gasteiger partial charge in [0, 0.05) is 36.4 Å². The third-order valence-corrected chi connectivity index (χ3v) is 4.96. The molecule has 1 amide bonds. The predicted molar refractivity (Wildman–Crippen MR) is 102 cm³/mol. The molecule has 4 rings (SSSR count). The smallest absolute Gasteiger partial charge is 0.255 e. The Bertz CT molecular complexity index is 828. The van der Waals surface area contributed by atoms with Gasteiger partial charge >= 0.3 is 0 Å². The van der Waals surface area contributed by atoms with E-state index in [1.807, 2.05) is 36.4 Å².